The lowest BCUT2D eigenvalue weighted by Gasteiger charge is -2.32. The average Bonchev–Trinajstić information content (AvgIpc) is 3.67. The normalized spacial score (nSPS) is 17.4. The Morgan fingerprint density at radius 3 is 1.12 bits per heavy atom. The van der Waals surface area contributed by atoms with Crippen molar-refractivity contribution >= 4 is 34.4 Å². The predicted octanol–water partition coefficient (Wildman–Crippen LogP) is 8.77. The molecule has 7 rings (SSSR count). The summed E-state index contributed by atoms with van der Waals surface area (Å²) in [6, 6.07) is 37.7. The maximum absolute atomic E-state index is 6.26. The lowest BCUT2D eigenvalue weighted by molar-refractivity contribution is 0.113. The van der Waals surface area contributed by atoms with E-state index in [-0.39, 0.29) is 0 Å². The summed E-state index contributed by atoms with van der Waals surface area (Å²) in [4.78, 5) is 4.34. The van der Waals surface area contributed by atoms with Crippen molar-refractivity contribution in [2.75, 3.05) is 34.0 Å². The zero-order chi connectivity index (χ0) is 35.1. The minimum atomic E-state index is -0.530. The molecule has 5 aromatic carbocycles. The number of hydrazone groups is 2. The Kier molecular flexibility index (Phi) is 8.90. The molecule has 0 fully saturated rings. The summed E-state index contributed by atoms with van der Waals surface area (Å²) in [6.45, 7) is 12.9. The van der Waals surface area contributed by atoms with Crippen molar-refractivity contribution in [3.8, 4) is 0 Å². The van der Waals surface area contributed by atoms with E-state index in [1.165, 1.54) is 11.1 Å². The first-order chi connectivity index (χ1) is 24.2. The van der Waals surface area contributed by atoms with Crippen molar-refractivity contribution in [2.45, 2.75) is 54.2 Å². The first-order valence-corrected chi connectivity index (χ1v) is 17.0. The molecule has 0 aromatic heterocycles. The van der Waals surface area contributed by atoms with Gasteiger partial charge in [-0.1, -0.05) is 77.9 Å². The molecule has 2 aliphatic rings. The lowest BCUT2D eigenvalue weighted by atomic mass is 9.98. The fraction of sp³-hybridized carbons (Fsp3) is 0.238. The van der Waals surface area contributed by atoms with Gasteiger partial charge in [-0.25, -0.2) is 10.0 Å². The number of methoxy groups -OCH3 is 2. The number of benzene rings is 5. The van der Waals surface area contributed by atoms with E-state index in [2.05, 4.69) is 118 Å². The van der Waals surface area contributed by atoms with Gasteiger partial charge in [-0.05, 0) is 106 Å². The van der Waals surface area contributed by atoms with Crippen LogP contribution in [-0.4, -0.2) is 38.6 Å². The zero-order valence-corrected chi connectivity index (χ0v) is 30.0. The fourth-order valence-electron chi connectivity index (χ4n) is 7.47. The SMILES string of the molecule is COC1N(c2cccc(N3N=C(c4c(C)cc(C)cc4C)N(c4ccccc4)C3OC)c2)N=C(c2c(C)cc(C)cc2C)N1c1ccccc1. The molecule has 0 spiro atoms. The number of rotatable bonds is 8. The third-order valence-corrected chi connectivity index (χ3v) is 9.37. The van der Waals surface area contributed by atoms with Crippen molar-refractivity contribution in [3.63, 3.8) is 0 Å². The summed E-state index contributed by atoms with van der Waals surface area (Å²) in [7, 11) is 3.46. The molecule has 0 amide bonds. The second kappa shape index (κ2) is 13.5. The zero-order valence-electron chi connectivity index (χ0n) is 30.0. The van der Waals surface area contributed by atoms with Crippen LogP contribution in [0.1, 0.15) is 44.5 Å². The monoisotopic (exact) mass is 664 g/mol. The number of nitrogens with zero attached hydrogens (tertiary/aromatic N) is 6. The number of para-hydroxylation sites is 2. The van der Waals surface area contributed by atoms with Gasteiger partial charge >= 0.3 is 0 Å². The molecule has 0 saturated carbocycles. The van der Waals surface area contributed by atoms with Gasteiger partial charge in [-0.15, -0.1) is 10.2 Å². The van der Waals surface area contributed by atoms with Gasteiger partial charge < -0.3 is 9.47 Å². The Balaban J connectivity index is 1.36. The second-order valence-electron chi connectivity index (χ2n) is 13.1. The predicted molar refractivity (Wildman–Crippen MR) is 205 cm³/mol. The molecule has 2 heterocycles. The third-order valence-electron chi connectivity index (χ3n) is 9.37. The van der Waals surface area contributed by atoms with Gasteiger partial charge in [-0.3, -0.25) is 9.80 Å². The van der Waals surface area contributed by atoms with E-state index < -0.39 is 12.7 Å². The molecule has 2 aliphatic heterocycles. The lowest BCUT2D eigenvalue weighted by Crippen LogP contribution is -2.45. The Hall–Kier alpha value is -5.44. The molecule has 254 valence electrons. The molecule has 0 aliphatic carbocycles. The molecule has 8 heteroatoms. The Morgan fingerprint density at radius 2 is 0.780 bits per heavy atom. The number of hydrogen-bond donors (Lipinski definition) is 0. The number of aryl methyl sites for hydroxylation is 6. The Labute approximate surface area is 295 Å². The molecule has 0 N–H and O–H groups in total. The smallest absolute Gasteiger partial charge is 0.235 e. The van der Waals surface area contributed by atoms with Crippen LogP contribution in [-0.2, 0) is 9.47 Å². The highest BCUT2D eigenvalue weighted by Crippen LogP contribution is 2.38. The fourth-order valence-corrected chi connectivity index (χ4v) is 7.47. The summed E-state index contributed by atoms with van der Waals surface area (Å²) in [5.74, 6) is 1.67. The molecule has 50 heavy (non-hydrogen) atoms. The van der Waals surface area contributed by atoms with E-state index in [9.17, 15) is 0 Å². The first-order valence-electron chi connectivity index (χ1n) is 17.0. The van der Waals surface area contributed by atoms with Gasteiger partial charge in [0.15, 0.2) is 11.7 Å². The molecule has 5 aromatic rings. The average molecular weight is 665 g/mol. The van der Waals surface area contributed by atoms with Gasteiger partial charge in [0.2, 0.25) is 12.7 Å². The minimum absolute atomic E-state index is 0.530. The van der Waals surface area contributed by atoms with E-state index in [4.69, 9.17) is 19.7 Å². The second-order valence-corrected chi connectivity index (χ2v) is 13.1. The topological polar surface area (TPSA) is 56.1 Å². The van der Waals surface area contributed by atoms with Crippen LogP contribution in [0.4, 0.5) is 22.7 Å². The van der Waals surface area contributed by atoms with Crippen LogP contribution in [0.15, 0.2) is 119 Å². The van der Waals surface area contributed by atoms with Crippen LogP contribution in [0.3, 0.4) is 0 Å². The molecule has 2 atom stereocenters. The molecular formula is C42H44N6O2. The van der Waals surface area contributed by atoms with E-state index in [0.29, 0.717) is 0 Å². The van der Waals surface area contributed by atoms with Gasteiger partial charge in [-0.2, -0.15) is 0 Å². The van der Waals surface area contributed by atoms with Crippen molar-refractivity contribution in [2.24, 2.45) is 10.2 Å². The molecular weight excluding hydrogens is 621 g/mol. The maximum Gasteiger partial charge on any atom is 0.235 e. The van der Waals surface area contributed by atoms with E-state index in [1.54, 1.807) is 14.2 Å². The molecule has 8 nitrogen and oxygen atoms in total. The molecule has 0 saturated heterocycles. The van der Waals surface area contributed by atoms with Crippen LogP contribution in [0.25, 0.3) is 0 Å². The Bertz CT molecular complexity index is 1900. The highest BCUT2D eigenvalue weighted by Gasteiger charge is 2.41. The van der Waals surface area contributed by atoms with Crippen molar-refractivity contribution in [1.29, 1.82) is 0 Å². The highest BCUT2D eigenvalue weighted by atomic mass is 16.5. The van der Waals surface area contributed by atoms with Crippen LogP contribution in [0.5, 0.6) is 0 Å². The van der Waals surface area contributed by atoms with E-state index >= 15 is 0 Å². The number of ether oxygens (including phenoxy) is 2. The third kappa shape index (κ3) is 5.80. The molecule has 0 bridgehead atoms. The largest absolute Gasteiger partial charge is 0.342 e. The summed E-state index contributed by atoms with van der Waals surface area (Å²) in [6.07, 6.45) is -1.06. The summed E-state index contributed by atoms with van der Waals surface area (Å²) < 4.78 is 12.5. The summed E-state index contributed by atoms with van der Waals surface area (Å²) in [5.41, 5.74) is 13.0. The number of hydrogen-bond acceptors (Lipinski definition) is 8. The van der Waals surface area contributed by atoms with Gasteiger partial charge in [0.1, 0.15) is 0 Å². The van der Waals surface area contributed by atoms with E-state index in [0.717, 1.165) is 67.8 Å². The molecule has 2 unspecified atom stereocenters. The van der Waals surface area contributed by atoms with Crippen molar-refractivity contribution in [3.05, 3.63) is 154 Å². The van der Waals surface area contributed by atoms with Crippen LogP contribution in [0, 0.1) is 41.5 Å². The summed E-state index contributed by atoms with van der Waals surface area (Å²) in [5, 5.41) is 14.5. The first kappa shape index (κ1) is 33.1. The van der Waals surface area contributed by atoms with Crippen molar-refractivity contribution < 1.29 is 9.47 Å². The number of amidine groups is 2. The standard InChI is InChI=1S/C42H44N6O2/c1-27-22-29(3)37(30(4)23-27)39-43-47(41(49-7)45(39)33-16-11-9-12-17-33)35-20-15-21-36(26-35)48-42(50-8)46(34-18-13-10-14-19-34)40(44-48)38-31(5)24-28(2)25-32(38)6/h9-26,41-42H,1-8H3. The maximum atomic E-state index is 6.26. The quantitative estimate of drug-likeness (QED) is 0.165. The Morgan fingerprint density at radius 1 is 0.440 bits per heavy atom. The number of anilines is 4. The van der Waals surface area contributed by atoms with Crippen LogP contribution >= 0.6 is 0 Å². The van der Waals surface area contributed by atoms with Gasteiger partial charge in [0, 0.05) is 36.7 Å². The van der Waals surface area contributed by atoms with E-state index in [1.807, 2.05) is 52.5 Å². The van der Waals surface area contributed by atoms with Gasteiger partial charge in [0.25, 0.3) is 0 Å². The summed E-state index contributed by atoms with van der Waals surface area (Å²) >= 11 is 0. The van der Waals surface area contributed by atoms with Gasteiger partial charge in [0.05, 0.1) is 11.4 Å². The highest BCUT2D eigenvalue weighted by molar-refractivity contribution is 6.15. The van der Waals surface area contributed by atoms with Crippen LogP contribution < -0.4 is 19.8 Å². The minimum Gasteiger partial charge on any atom is -0.342 e. The van der Waals surface area contributed by atoms with Crippen molar-refractivity contribution in [1.82, 2.24) is 0 Å². The van der Waals surface area contributed by atoms with Crippen LogP contribution in [0.2, 0.25) is 0 Å². The molecule has 0 radical (unpaired) electrons.